The molecule has 1 aliphatic heterocycles. The summed E-state index contributed by atoms with van der Waals surface area (Å²) in [5.41, 5.74) is 5.99. The Kier molecular flexibility index (Phi) is 5.07. The van der Waals surface area contributed by atoms with Crippen LogP contribution in [-0.2, 0) is 4.79 Å². The third kappa shape index (κ3) is 4.77. The molecule has 0 aromatic heterocycles. The molecule has 120 valence electrons. The normalized spacial score (nSPS) is 19.5. The lowest BCUT2D eigenvalue weighted by molar-refractivity contribution is -0.274. The second-order valence-corrected chi connectivity index (χ2v) is 5.11. The van der Waals surface area contributed by atoms with Crippen molar-refractivity contribution >= 4 is 12.0 Å². The van der Waals surface area contributed by atoms with Crippen LogP contribution in [0.5, 0.6) is 5.75 Å². The largest absolute Gasteiger partial charge is 0.573 e. The third-order valence-electron chi connectivity index (χ3n) is 3.32. The van der Waals surface area contributed by atoms with E-state index in [-0.39, 0.29) is 23.3 Å². The quantitative estimate of drug-likeness (QED) is 0.872. The summed E-state index contributed by atoms with van der Waals surface area (Å²) in [7, 11) is 0. The second kappa shape index (κ2) is 6.83. The van der Waals surface area contributed by atoms with Gasteiger partial charge in [0.05, 0.1) is 0 Å². The van der Waals surface area contributed by atoms with Gasteiger partial charge < -0.3 is 15.4 Å². The van der Waals surface area contributed by atoms with E-state index in [1.165, 1.54) is 30.4 Å². The van der Waals surface area contributed by atoms with E-state index < -0.39 is 6.36 Å². The SMILES string of the molecule is NC1CCCN(C(=O)C=Cc2ccccc2OC(F)(F)F)C1. The zero-order valence-electron chi connectivity index (χ0n) is 11.8. The molecule has 1 aromatic rings. The highest BCUT2D eigenvalue weighted by Gasteiger charge is 2.31. The molecule has 1 aliphatic rings. The first-order valence-corrected chi connectivity index (χ1v) is 6.92. The Morgan fingerprint density at radius 3 is 2.77 bits per heavy atom. The van der Waals surface area contributed by atoms with Gasteiger partial charge in [0, 0.05) is 30.8 Å². The molecular weight excluding hydrogens is 297 g/mol. The fourth-order valence-electron chi connectivity index (χ4n) is 2.31. The number of carbonyl (C=O) groups is 1. The number of piperidine rings is 1. The van der Waals surface area contributed by atoms with Crippen molar-refractivity contribution in [1.29, 1.82) is 0 Å². The number of carbonyl (C=O) groups excluding carboxylic acids is 1. The van der Waals surface area contributed by atoms with Crippen molar-refractivity contribution in [2.24, 2.45) is 5.73 Å². The summed E-state index contributed by atoms with van der Waals surface area (Å²) in [6.07, 6.45) is -0.502. The van der Waals surface area contributed by atoms with Gasteiger partial charge in [-0.2, -0.15) is 0 Å². The molecule has 4 nitrogen and oxygen atoms in total. The monoisotopic (exact) mass is 314 g/mol. The van der Waals surface area contributed by atoms with Gasteiger partial charge in [-0.1, -0.05) is 18.2 Å². The molecule has 1 amide bonds. The first-order valence-electron chi connectivity index (χ1n) is 6.92. The van der Waals surface area contributed by atoms with Crippen molar-refractivity contribution in [2.75, 3.05) is 13.1 Å². The van der Waals surface area contributed by atoms with E-state index >= 15 is 0 Å². The Labute approximate surface area is 126 Å². The van der Waals surface area contributed by atoms with E-state index in [0.29, 0.717) is 13.1 Å². The second-order valence-electron chi connectivity index (χ2n) is 5.11. The van der Waals surface area contributed by atoms with Crippen molar-refractivity contribution in [1.82, 2.24) is 4.90 Å². The number of alkyl halides is 3. The van der Waals surface area contributed by atoms with Crippen LogP contribution in [-0.4, -0.2) is 36.3 Å². The van der Waals surface area contributed by atoms with Crippen molar-refractivity contribution in [3.63, 3.8) is 0 Å². The van der Waals surface area contributed by atoms with Crippen LogP contribution in [0.2, 0.25) is 0 Å². The van der Waals surface area contributed by atoms with Gasteiger partial charge in [0.25, 0.3) is 0 Å². The van der Waals surface area contributed by atoms with Gasteiger partial charge >= 0.3 is 6.36 Å². The fraction of sp³-hybridized carbons (Fsp3) is 0.400. The number of likely N-dealkylation sites (tertiary alicyclic amines) is 1. The van der Waals surface area contributed by atoms with Gasteiger partial charge in [-0.3, -0.25) is 4.79 Å². The van der Waals surface area contributed by atoms with Gasteiger partial charge in [0.2, 0.25) is 5.91 Å². The number of ether oxygens (including phenoxy) is 1. The van der Waals surface area contributed by atoms with Crippen LogP contribution < -0.4 is 10.5 Å². The van der Waals surface area contributed by atoms with E-state index in [9.17, 15) is 18.0 Å². The maximum absolute atomic E-state index is 12.3. The van der Waals surface area contributed by atoms with Crippen molar-refractivity contribution in [2.45, 2.75) is 25.2 Å². The summed E-state index contributed by atoms with van der Waals surface area (Å²) >= 11 is 0. The summed E-state index contributed by atoms with van der Waals surface area (Å²) in [6, 6.07) is 5.61. The van der Waals surface area contributed by atoms with Crippen LogP contribution >= 0.6 is 0 Å². The predicted octanol–water partition coefficient (Wildman–Crippen LogP) is 2.55. The van der Waals surface area contributed by atoms with E-state index in [2.05, 4.69) is 4.74 Å². The van der Waals surface area contributed by atoms with Gasteiger partial charge in [-0.25, -0.2) is 0 Å². The van der Waals surface area contributed by atoms with Crippen molar-refractivity contribution < 1.29 is 22.7 Å². The van der Waals surface area contributed by atoms with Crippen LogP contribution in [0.15, 0.2) is 30.3 Å². The molecule has 2 N–H and O–H groups in total. The average Bonchev–Trinajstić information content (AvgIpc) is 2.44. The maximum atomic E-state index is 12.3. The lowest BCUT2D eigenvalue weighted by atomic mass is 10.1. The summed E-state index contributed by atoms with van der Waals surface area (Å²) in [5.74, 6) is -0.605. The Balaban J connectivity index is 2.08. The van der Waals surface area contributed by atoms with Crippen LogP contribution in [0, 0.1) is 0 Å². The molecule has 1 atom stereocenters. The minimum Gasteiger partial charge on any atom is -0.405 e. The molecule has 0 aliphatic carbocycles. The minimum absolute atomic E-state index is 0.0491. The average molecular weight is 314 g/mol. The Morgan fingerprint density at radius 2 is 2.09 bits per heavy atom. The van der Waals surface area contributed by atoms with E-state index in [0.717, 1.165) is 12.8 Å². The smallest absolute Gasteiger partial charge is 0.405 e. The highest BCUT2D eigenvalue weighted by atomic mass is 19.4. The maximum Gasteiger partial charge on any atom is 0.573 e. The number of halogens is 3. The summed E-state index contributed by atoms with van der Waals surface area (Å²) < 4.78 is 40.9. The van der Waals surface area contributed by atoms with Crippen LogP contribution in [0.1, 0.15) is 18.4 Å². The predicted molar refractivity (Wildman–Crippen MR) is 75.9 cm³/mol. The van der Waals surface area contributed by atoms with Gasteiger partial charge in [0.15, 0.2) is 0 Å². The molecule has 0 radical (unpaired) electrons. The summed E-state index contributed by atoms with van der Waals surface area (Å²) in [4.78, 5) is 13.6. The molecule has 1 fully saturated rings. The van der Waals surface area contributed by atoms with Crippen LogP contribution in [0.3, 0.4) is 0 Å². The molecular formula is C15H17F3N2O2. The lowest BCUT2D eigenvalue weighted by Gasteiger charge is -2.29. The highest BCUT2D eigenvalue weighted by Crippen LogP contribution is 2.27. The highest BCUT2D eigenvalue weighted by molar-refractivity contribution is 5.92. The molecule has 0 spiro atoms. The van der Waals surface area contributed by atoms with Crippen molar-refractivity contribution in [3.05, 3.63) is 35.9 Å². The molecule has 0 bridgehead atoms. The van der Waals surface area contributed by atoms with Crippen molar-refractivity contribution in [3.8, 4) is 5.75 Å². The number of hydrogen-bond donors (Lipinski definition) is 1. The number of para-hydroxylation sites is 1. The van der Waals surface area contributed by atoms with Gasteiger partial charge in [-0.15, -0.1) is 13.2 Å². The number of nitrogens with zero attached hydrogens (tertiary/aromatic N) is 1. The lowest BCUT2D eigenvalue weighted by Crippen LogP contribution is -2.45. The minimum atomic E-state index is -4.77. The van der Waals surface area contributed by atoms with Gasteiger partial charge in [-0.05, 0) is 25.0 Å². The molecule has 1 aromatic carbocycles. The fourth-order valence-corrected chi connectivity index (χ4v) is 2.31. The zero-order valence-corrected chi connectivity index (χ0v) is 11.8. The van der Waals surface area contributed by atoms with E-state index in [1.807, 2.05) is 0 Å². The number of amides is 1. The topological polar surface area (TPSA) is 55.6 Å². The molecule has 1 saturated heterocycles. The Bertz CT molecular complexity index is 558. The molecule has 1 heterocycles. The zero-order chi connectivity index (χ0) is 16.2. The standard InChI is InChI=1S/C15H17F3N2O2/c16-15(17,18)22-13-6-2-1-4-11(13)7-8-14(21)20-9-3-5-12(19)10-20/h1-2,4,6-8,12H,3,5,9-10,19H2. The number of benzene rings is 1. The third-order valence-corrected chi connectivity index (χ3v) is 3.32. The first-order chi connectivity index (χ1) is 10.3. The molecule has 1 unspecified atom stereocenters. The van der Waals surface area contributed by atoms with E-state index in [1.54, 1.807) is 11.0 Å². The van der Waals surface area contributed by atoms with Gasteiger partial charge in [0.1, 0.15) is 5.75 Å². The number of hydrogen-bond acceptors (Lipinski definition) is 3. The van der Waals surface area contributed by atoms with E-state index in [4.69, 9.17) is 5.73 Å². The summed E-state index contributed by atoms with van der Waals surface area (Å²) in [6.45, 7) is 1.07. The van der Waals surface area contributed by atoms with Crippen LogP contribution in [0.25, 0.3) is 6.08 Å². The molecule has 0 saturated carbocycles. The molecule has 7 heteroatoms. The molecule has 2 rings (SSSR count). The summed E-state index contributed by atoms with van der Waals surface area (Å²) in [5, 5.41) is 0. The van der Waals surface area contributed by atoms with Crippen LogP contribution in [0.4, 0.5) is 13.2 Å². The molecule has 22 heavy (non-hydrogen) atoms. The number of rotatable bonds is 3. The first kappa shape index (κ1) is 16.4. The Morgan fingerprint density at radius 1 is 1.36 bits per heavy atom. The Hall–Kier alpha value is -2.02. The number of nitrogens with two attached hydrogens (primary N) is 1.